The summed E-state index contributed by atoms with van der Waals surface area (Å²) in [6.45, 7) is 2.40. The predicted octanol–water partition coefficient (Wildman–Crippen LogP) is 1.29. The first-order valence-corrected chi connectivity index (χ1v) is 7.77. The molecule has 0 heterocycles. The van der Waals surface area contributed by atoms with Crippen molar-refractivity contribution < 1.29 is 18.1 Å². The number of methoxy groups -OCH3 is 1. The van der Waals surface area contributed by atoms with E-state index in [9.17, 15) is 18.5 Å². The molecule has 8 nitrogen and oxygen atoms in total. The Balaban J connectivity index is 3.24. The standard InChI is InChI=1S/C12H19N3O5S/c1-4-14(7-8-20-3)21(18,19)10-5-6-11(13-2)12(9-10)15(16)17/h5-6,9,13H,4,7-8H2,1-3H3. The number of nitrogens with one attached hydrogen (secondary N) is 1. The summed E-state index contributed by atoms with van der Waals surface area (Å²) in [6.07, 6.45) is 0. The van der Waals surface area contributed by atoms with E-state index in [0.29, 0.717) is 0 Å². The number of anilines is 1. The normalized spacial score (nSPS) is 11.6. The second-order valence-electron chi connectivity index (χ2n) is 4.18. The molecule has 1 aromatic rings. The Labute approximate surface area is 123 Å². The Bertz CT molecular complexity index is 603. The molecule has 9 heteroatoms. The van der Waals surface area contributed by atoms with E-state index < -0.39 is 14.9 Å². The summed E-state index contributed by atoms with van der Waals surface area (Å²) < 4.78 is 31.0. The van der Waals surface area contributed by atoms with Gasteiger partial charge in [-0.1, -0.05) is 6.92 Å². The molecule has 1 N–H and O–H groups in total. The van der Waals surface area contributed by atoms with Gasteiger partial charge in [0.2, 0.25) is 10.0 Å². The van der Waals surface area contributed by atoms with E-state index in [1.807, 2.05) is 0 Å². The Kier molecular flexibility index (Phi) is 6.06. The van der Waals surface area contributed by atoms with Crippen molar-refractivity contribution in [3.8, 4) is 0 Å². The summed E-state index contributed by atoms with van der Waals surface area (Å²) in [5, 5.41) is 13.7. The molecule has 0 spiro atoms. The van der Waals surface area contributed by atoms with Gasteiger partial charge in [0.15, 0.2) is 0 Å². The van der Waals surface area contributed by atoms with Gasteiger partial charge in [-0.2, -0.15) is 4.31 Å². The molecular formula is C12H19N3O5S. The van der Waals surface area contributed by atoms with Gasteiger partial charge in [-0.05, 0) is 12.1 Å². The van der Waals surface area contributed by atoms with Crippen LogP contribution in [0.25, 0.3) is 0 Å². The smallest absolute Gasteiger partial charge is 0.293 e. The highest BCUT2D eigenvalue weighted by Gasteiger charge is 2.26. The van der Waals surface area contributed by atoms with E-state index in [-0.39, 0.29) is 36.0 Å². The minimum atomic E-state index is -3.78. The van der Waals surface area contributed by atoms with Crippen molar-refractivity contribution in [3.63, 3.8) is 0 Å². The lowest BCUT2D eigenvalue weighted by Crippen LogP contribution is -2.33. The van der Waals surface area contributed by atoms with Gasteiger partial charge < -0.3 is 10.1 Å². The minimum Gasteiger partial charge on any atom is -0.383 e. The van der Waals surface area contributed by atoms with Crippen LogP contribution in [0.5, 0.6) is 0 Å². The number of ether oxygens (including phenoxy) is 1. The molecule has 0 atom stereocenters. The van der Waals surface area contributed by atoms with Gasteiger partial charge in [0.1, 0.15) is 5.69 Å². The first-order chi connectivity index (χ1) is 9.88. The average molecular weight is 317 g/mol. The molecule has 0 aliphatic rings. The SMILES string of the molecule is CCN(CCOC)S(=O)(=O)c1ccc(NC)c([N+](=O)[O-])c1. The van der Waals surface area contributed by atoms with E-state index in [1.54, 1.807) is 6.92 Å². The molecule has 118 valence electrons. The van der Waals surface area contributed by atoms with Gasteiger partial charge in [0.25, 0.3) is 5.69 Å². The topological polar surface area (TPSA) is 102 Å². The van der Waals surface area contributed by atoms with Crippen molar-refractivity contribution in [3.05, 3.63) is 28.3 Å². The second kappa shape index (κ2) is 7.34. The maximum absolute atomic E-state index is 12.5. The van der Waals surface area contributed by atoms with Crippen molar-refractivity contribution in [1.82, 2.24) is 4.31 Å². The molecule has 1 aromatic carbocycles. The number of likely N-dealkylation sites (N-methyl/N-ethyl adjacent to an activating group) is 1. The third kappa shape index (κ3) is 3.90. The lowest BCUT2D eigenvalue weighted by Gasteiger charge is -2.20. The summed E-state index contributed by atoms with van der Waals surface area (Å²) in [4.78, 5) is 10.3. The molecule has 1 rings (SSSR count). The molecule has 0 unspecified atom stereocenters. The van der Waals surface area contributed by atoms with Crippen molar-refractivity contribution in [2.24, 2.45) is 0 Å². The molecule has 0 aliphatic carbocycles. The van der Waals surface area contributed by atoms with Crippen molar-refractivity contribution in [2.45, 2.75) is 11.8 Å². The zero-order valence-corrected chi connectivity index (χ0v) is 13.0. The van der Waals surface area contributed by atoms with Crippen LogP contribution < -0.4 is 5.32 Å². The lowest BCUT2D eigenvalue weighted by molar-refractivity contribution is -0.384. The van der Waals surface area contributed by atoms with Crippen LogP contribution in [-0.2, 0) is 14.8 Å². The van der Waals surface area contributed by atoms with Crippen molar-refractivity contribution in [2.75, 3.05) is 39.2 Å². The second-order valence-corrected chi connectivity index (χ2v) is 6.11. The monoisotopic (exact) mass is 317 g/mol. The van der Waals surface area contributed by atoms with Crippen LogP contribution in [0.1, 0.15) is 6.92 Å². The Morgan fingerprint density at radius 1 is 1.43 bits per heavy atom. The quantitative estimate of drug-likeness (QED) is 0.572. The number of benzene rings is 1. The number of nitrogens with zero attached hydrogens (tertiary/aromatic N) is 2. The summed E-state index contributed by atoms with van der Waals surface area (Å²) in [5.74, 6) is 0. The van der Waals surface area contributed by atoms with Crippen LogP contribution in [0.4, 0.5) is 11.4 Å². The Morgan fingerprint density at radius 3 is 2.57 bits per heavy atom. The van der Waals surface area contributed by atoms with Gasteiger partial charge in [0, 0.05) is 33.3 Å². The zero-order valence-electron chi connectivity index (χ0n) is 12.2. The summed E-state index contributed by atoms with van der Waals surface area (Å²) in [7, 11) is -0.769. The molecule has 0 saturated carbocycles. The summed E-state index contributed by atoms with van der Waals surface area (Å²) in [6, 6.07) is 3.80. The van der Waals surface area contributed by atoms with Crippen LogP contribution in [0.15, 0.2) is 23.1 Å². The maximum Gasteiger partial charge on any atom is 0.293 e. The van der Waals surface area contributed by atoms with Crippen LogP contribution >= 0.6 is 0 Å². The molecule has 0 saturated heterocycles. The van der Waals surface area contributed by atoms with Crippen molar-refractivity contribution >= 4 is 21.4 Å². The van der Waals surface area contributed by atoms with Crippen LogP contribution in [0, 0.1) is 10.1 Å². The van der Waals surface area contributed by atoms with Gasteiger partial charge in [-0.3, -0.25) is 10.1 Å². The van der Waals surface area contributed by atoms with Gasteiger partial charge in [-0.25, -0.2) is 8.42 Å². The molecule has 0 aromatic heterocycles. The summed E-state index contributed by atoms with van der Waals surface area (Å²) >= 11 is 0. The number of sulfonamides is 1. The fourth-order valence-electron chi connectivity index (χ4n) is 1.82. The van der Waals surface area contributed by atoms with Crippen molar-refractivity contribution in [1.29, 1.82) is 0 Å². The third-order valence-corrected chi connectivity index (χ3v) is 4.94. The molecule has 0 fully saturated rings. The molecule has 0 bridgehead atoms. The fraction of sp³-hybridized carbons (Fsp3) is 0.500. The minimum absolute atomic E-state index is 0.105. The number of rotatable bonds is 8. The van der Waals surface area contributed by atoms with E-state index >= 15 is 0 Å². The highest BCUT2D eigenvalue weighted by Crippen LogP contribution is 2.28. The highest BCUT2D eigenvalue weighted by molar-refractivity contribution is 7.89. The molecule has 21 heavy (non-hydrogen) atoms. The van der Waals surface area contributed by atoms with Crippen LogP contribution in [-0.4, -0.2) is 51.5 Å². The van der Waals surface area contributed by atoms with Gasteiger partial charge >= 0.3 is 0 Å². The molecule has 0 aliphatic heterocycles. The molecule has 0 amide bonds. The van der Waals surface area contributed by atoms with E-state index in [0.717, 1.165) is 6.07 Å². The third-order valence-electron chi connectivity index (χ3n) is 2.97. The maximum atomic E-state index is 12.5. The van der Waals surface area contributed by atoms with Crippen LogP contribution in [0.2, 0.25) is 0 Å². The number of nitro benzene ring substituents is 1. The van der Waals surface area contributed by atoms with Gasteiger partial charge in [-0.15, -0.1) is 0 Å². The van der Waals surface area contributed by atoms with E-state index in [2.05, 4.69) is 5.32 Å². The van der Waals surface area contributed by atoms with Crippen LogP contribution in [0.3, 0.4) is 0 Å². The first-order valence-electron chi connectivity index (χ1n) is 6.33. The first kappa shape index (κ1) is 17.3. The molecular weight excluding hydrogens is 298 g/mol. The molecule has 0 radical (unpaired) electrons. The number of nitro groups is 1. The van der Waals surface area contributed by atoms with E-state index in [1.165, 1.54) is 30.6 Å². The Morgan fingerprint density at radius 2 is 2.10 bits per heavy atom. The summed E-state index contributed by atoms with van der Waals surface area (Å²) in [5.41, 5.74) is -0.0136. The Hall–Kier alpha value is -1.71. The fourth-order valence-corrected chi connectivity index (χ4v) is 3.28. The van der Waals surface area contributed by atoms with Gasteiger partial charge in [0.05, 0.1) is 16.4 Å². The highest BCUT2D eigenvalue weighted by atomic mass is 32.2. The predicted molar refractivity (Wildman–Crippen MR) is 79.0 cm³/mol. The number of hydrogen-bond acceptors (Lipinski definition) is 6. The van der Waals surface area contributed by atoms with E-state index in [4.69, 9.17) is 4.74 Å². The zero-order chi connectivity index (χ0) is 16.0. The average Bonchev–Trinajstić information content (AvgIpc) is 2.46. The lowest BCUT2D eigenvalue weighted by atomic mass is 10.3. The largest absolute Gasteiger partial charge is 0.383 e. The number of hydrogen-bond donors (Lipinski definition) is 1.